The van der Waals surface area contributed by atoms with Crippen LogP contribution in [0.1, 0.15) is 12.8 Å². The molecule has 5 heteroatoms. The van der Waals surface area contributed by atoms with E-state index in [-0.39, 0.29) is 6.61 Å². The van der Waals surface area contributed by atoms with Crippen LogP contribution in [0, 0.1) is 5.92 Å². The van der Waals surface area contributed by atoms with E-state index in [9.17, 15) is 0 Å². The molecule has 2 aromatic rings. The van der Waals surface area contributed by atoms with Gasteiger partial charge >= 0.3 is 0 Å². The number of hydrogen-bond acceptors (Lipinski definition) is 4. The highest BCUT2D eigenvalue weighted by Crippen LogP contribution is 2.32. The molecule has 0 aliphatic heterocycles. The molecule has 0 spiro atoms. The third-order valence-corrected chi connectivity index (χ3v) is 3.21. The Morgan fingerprint density at radius 2 is 2.28 bits per heavy atom. The van der Waals surface area contributed by atoms with Gasteiger partial charge in [-0.2, -0.15) is 0 Å². The highest BCUT2D eigenvalue weighted by molar-refractivity contribution is 5.87. The second-order valence-electron chi connectivity index (χ2n) is 4.78. The Hall–Kier alpha value is -1.75. The molecule has 1 fully saturated rings. The highest BCUT2D eigenvalue weighted by Gasteiger charge is 2.23. The standard InChI is InChI=1S/C13H17N3O2/c14-10-3-4-12-11(7-10)13(15-16(12)5-6-17)18-8-9-1-2-9/h3-4,7,9,17H,1-2,5-6,8,14H2. The van der Waals surface area contributed by atoms with Gasteiger partial charge in [-0.3, -0.25) is 4.68 Å². The fourth-order valence-electron chi connectivity index (χ4n) is 2.02. The predicted molar refractivity (Wildman–Crippen MR) is 69.5 cm³/mol. The molecule has 0 unspecified atom stereocenters. The second kappa shape index (κ2) is 4.49. The first kappa shape index (κ1) is 11.3. The molecule has 0 bridgehead atoms. The maximum Gasteiger partial charge on any atom is 0.240 e. The van der Waals surface area contributed by atoms with Gasteiger partial charge in [0, 0.05) is 5.69 Å². The smallest absolute Gasteiger partial charge is 0.240 e. The molecule has 96 valence electrons. The number of anilines is 1. The number of hydrogen-bond donors (Lipinski definition) is 2. The molecule has 18 heavy (non-hydrogen) atoms. The summed E-state index contributed by atoms with van der Waals surface area (Å²) in [6, 6.07) is 5.62. The van der Waals surface area contributed by atoms with Gasteiger partial charge in [-0.25, -0.2) is 0 Å². The largest absolute Gasteiger partial charge is 0.476 e. The van der Waals surface area contributed by atoms with Crippen molar-refractivity contribution in [3.05, 3.63) is 18.2 Å². The number of rotatable bonds is 5. The van der Waals surface area contributed by atoms with Crippen LogP contribution in [0.15, 0.2) is 18.2 Å². The maximum absolute atomic E-state index is 9.04. The summed E-state index contributed by atoms with van der Waals surface area (Å²) in [5, 5.41) is 14.4. The third-order valence-electron chi connectivity index (χ3n) is 3.21. The van der Waals surface area contributed by atoms with Gasteiger partial charge in [0.2, 0.25) is 5.88 Å². The minimum absolute atomic E-state index is 0.0588. The number of fused-ring (bicyclic) bond motifs is 1. The summed E-state index contributed by atoms with van der Waals surface area (Å²) >= 11 is 0. The van der Waals surface area contributed by atoms with Gasteiger partial charge in [0.25, 0.3) is 0 Å². The average Bonchev–Trinajstić information content (AvgIpc) is 3.12. The van der Waals surface area contributed by atoms with Gasteiger partial charge in [-0.15, -0.1) is 5.10 Å². The molecule has 1 aliphatic carbocycles. The number of aromatic nitrogens is 2. The van der Waals surface area contributed by atoms with Crippen LogP contribution in [-0.2, 0) is 6.54 Å². The molecule has 5 nitrogen and oxygen atoms in total. The average molecular weight is 247 g/mol. The maximum atomic E-state index is 9.04. The fraction of sp³-hybridized carbons (Fsp3) is 0.462. The molecule has 0 saturated heterocycles. The van der Waals surface area contributed by atoms with Crippen LogP contribution in [-0.4, -0.2) is 28.1 Å². The van der Waals surface area contributed by atoms with Crippen LogP contribution in [0.5, 0.6) is 5.88 Å². The Morgan fingerprint density at radius 3 is 3.00 bits per heavy atom. The van der Waals surface area contributed by atoms with Gasteiger partial charge in [-0.1, -0.05) is 0 Å². The van der Waals surface area contributed by atoms with Crippen LogP contribution >= 0.6 is 0 Å². The summed E-state index contributed by atoms with van der Waals surface area (Å²) < 4.78 is 7.52. The quantitative estimate of drug-likeness (QED) is 0.783. The molecule has 1 aromatic heterocycles. The lowest BCUT2D eigenvalue weighted by molar-refractivity contribution is 0.262. The molecular formula is C13H17N3O2. The van der Waals surface area contributed by atoms with Gasteiger partial charge in [0.1, 0.15) is 0 Å². The zero-order chi connectivity index (χ0) is 12.5. The minimum Gasteiger partial charge on any atom is -0.476 e. The van der Waals surface area contributed by atoms with Gasteiger partial charge in [-0.05, 0) is 37.0 Å². The molecule has 3 rings (SSSR count). The number of aliphatic hydroxyl groups excluding tert-OH is 1. The minimum atomic E-state index is 0.0588. The normalized spacial score (nSPS) is 15.2. The van der Waals surface area contributed by atoms with E-state index in [1.807, 2.05) is 18.2 Å². The molecule has 3 N–H and O–H groups in total. The molecule has 1 aliphatic rings. The van der Waals surface area contributed by atoms with Crippen molar-refractivity contribution in [2.75, 3.05) is 18.9 Å². The van der Waals surface area contributed by atoms with Crippen LogP contribution < -0.4 is 10.5 Å². The van der Waals surface area contributed by atoms with E-state index in [4.69, 9.17) is 15.6 Å². The zero-order valence-electron chi connectivity index (χ0n) is 10.2. The van der Waals surface area contributed by atoms with Crippen molar-refractivity contribution in [3.63, 3.8) is 0 Å². The Balaban J connectivity index is 1.96. The highest BCUT2D eigenvalue weighted by atomic mass is 16.5. The molecule has 1 aromatic carbocycles. The van der Waals surface area contributed by atoms with E-state index in [1.54, 1.807) is 4.68 Å². The van der Waals surface area contributed by atoms with Crippen LogP contribution in [0.3, 0.4) is 0 Å². The predicted octanol–water partition coefficient (Wildman–Crippen LogP) is 1.40. The molecule has 0 radical (unpaired) electrons. The fourth-order valence-corrected chi connectivity index (χ4v) is 2.02. The van der Waals surface area contributed by atoms with Crippen molar-refractivity contribution in [1.82, 2.24) is 9.78 Å². The van der Waals surface area contributed by atoms with E-state index in [2.05, 4.69) is 5.10 Å². The summed E-state index contributed by atoms with van der Waals surface area (Å²) in [6.07, 6.45) is 2.49. The van der Waals surface area contributed by atoms with Crippen molar-refractivity contribution in [2.24, 2.45) is 5.92 Å². The van der Waals surface area contributed by atoms with Crippen molar-refractivity contribution in [3.8, 4) is 5.88 Å². The molecule has 0 amide bonds. The summed E-state index contributed by atoms with van der Waals surface area (Å²) in [5.74, 6) is 1.31. The van der Waals surface area contributed by atoms with Crippen molar-refractivity contribution in [1.29, 1.82) is 0 Å². The molecular weight excluding hydrogens is 230 g/mol. The molecule has 1 heterocycles. The van der Waals surface area contributed by atoms with E-state index in [0.717, 1.165) is 17.5 Å². The van der Waals surface area contributed by atoms with Crippen LogP contribution in [0.2, 0.25) is 0 Å². The topological polar surface area (TPSA) is 73.3 Å². The van der Waals surface area contributed by atoms with E-state index in [0.29, 0.717) is 24.0 Å². The van der Waals surface area contributed by atoms with Gasteiger partial charge < -0.3 is 15.6 Å². The van der Waals surface area contributed by atoms with Crippen molar-refractivity contribution < 1.29 is 9.84 Å². The van der Waals surface area contributed by atoms with Gasteiger partial charge in [0.15, 0.2) is 0 Å². The summed E-state index contributed by atoms with van der Waals surface area (Å²) in [6.45, 7) is 1.25. The van der Waals surface area contributed by atoms with Crippen LogP contribution in [0.4, 0.5) is 5.69 Å². The van der Waals surface area contributed by atoms with Gasteiger partial charge in [0.05, 0.1) is 30.7 Å². The number of aliphatic hydroxyl groups is 1. The lowest BCUT2D eigenvalue weighted by Crippen LogP contribution is -2.05. The van der Waals surface area contributed by atoms with E-state index in [1.165, 1.54) is 12.8 Å². The monoisotopic (exact) mass is 247 g/mol. The molecule has 1 saturated carbocycles. The Morgan fingerprint density at radius 1 is 1.44 bits per heavy atom. The first-order valence-electron chi connectivity index (χ1n) is 6.27. The zero-order valence-corrected chi connectivity index (χ0v) is 10.2. The number of benzene rings is 1. The Bertz CT molecular complexity index is 561. The van der Waals surface area contributed by atoms with Crippen molar-refractivity contribution in [2.45, 2.75) is 19.4 Å². The third kappa shape index (κ3) is 2.13. The number of nitrogens with two attached hydrogens (primary N) is 1. The molecule has 0 atom stereocenters. The second-order valence-corrected chi connectivity index (χ2v) is 4.78. The van der Waals surface area contributed by atoms with E-state index < -0.39 is 0 Å². The summed E-state index contributed by atoms with van der Waals surface area (Å²) in [4.78, 5) is 0. The van der Waals surface area contributed by atoms with E-state index >= 15 is 0 Å². The number of nitrogen functional groups attached to an aromatic ring is 1. The lowest BCUT2D eigenvalue weighted by Gasteiger charge is -2.01. The number of nitrogens with zero attached hydrogens (tertiary/aromatic N) is 2. The Labute approximate surface area is 105 Å². The SMILES string of the molecule is Nc1ccc2c(c1)c(OCC1CC1)nn2CCO. The first-order valence-corrected chi connectivity index (χ1v) is 6.27. The summed E-state index contributed by atoms with van der Waals surface area (Å²) in [7, 11) is 0. The lowest BCUT2D eigenvalue weighted by atomic mass is 10.2. The Kier molecular flexibility index (Phi) is 2.83. The number of ether oxygens (including phenoxy) is 1. The van der Waals surface area contributed by atoms with Crippen molar-refractivity contribution >= 4 is 16.6 Å². The first-order chi connectivity index (χ1) is 8.78. The van der Waals surface area contributed by atoms with Crippen LogP contribution in [0.25, 0.3) is 10.9 Å². The summed E-state index contributed by atoms with van der Waals surface area (Å²) in [5.41, 5.74) is 7.45.